The molecular formula is C23H33N3O3. The minimum Gasteiger partial charge on any atom is -0.488 e. The van der Waals surface area contributed by atoms with Gasteiger partial charge in [0.1, 0.15) is 17.4 Å². The van der Waals surface area contributed by atoms with Crippen LogP contribution in [0.1, 0.15) is 51.0 Å². The van der Waals surface area contributed by atoms with Gasteiger partial charge in [0.25, 0.3) is 0 Å². The summed E-state index contributed by atoms with van der Waals surface area (Å²) in [4.78, 5) is 17.6. The van der Waals surface area contributed by atoms with E-state index in [9.17, 15) is 4.79 Å². The quantitative estimate of drug-likeness (QED) is 0.603. The number of piperidine rings is 1. The van der Waals surface area contributed by atoms with Crippen LogP contribution in [0.4, 0.5) is 4.79 Å². The highest BCUT2D eigenvalue weighted by atomic mass is 16.5. The molecule has 0 spiro atoms. The minimum absolute atomic E-state index is 0.212. The van der Waals surface area contributed by atoms with Crippen LogP contribution in [0.25, 0.3) is 10.9 Å². The summed E-state index contributed by atoms with van der Waals surface area (Å²) in [6, 6.07) is 8.55. The number of rotatable bonds is 10. The Morgan fingerprint density at radius 2 is 2.07 bits per heavy atom. The number of hydrogen-bond donors (Lipinski definition) is 1. The van der Waals surface area contributed by atoms with Crippen molar-refractivity contribution in [1.29, 1.82) is 0 Å². The summed E-state index contributed by atoms with van der Waals surface area (Å²) in [5, 5.41) is 1.16. The van der Waals surface area contributed by atoms with E-state index in [0.29, 0.717) is 6.61 Å². The largest absolute Gasteiger partial charge is 0.488 e. The average molecular weight is 400 g/mol. The number of benzene rings is 1. The lowest BCUT2D eigenvalue weighted by molar-refractivity contribution is 0.0946. The molecule has 29 heavy (non-hydrogen) atoms. The maximum absolute atomic E-state index is 10.6. The van der Waals surface area contributed by atoms with Crippen molar-refractivity contribution in [3.8, 4) is 5.75 Å². The van der Waals surface area contributed by atoms with Gasteiger partial charge in [-0.3, -0.25) is 4.98 Å². The fourth-order valence-corrected chi connectivity index (χ4v) is 3.92. The van der Waals surface area contributed by atoms with Gasteiger partial charge >= 0.3 is 6.09 Å². The van der Waals surface area contributed by atoms with Crippen molar-refractivity contribution in [3.05, 3.63) is 36.0 Å². The molecular weight excluding hydrogens is 366 g/mol. The predicted molar refractivity (Wildman–Crippen MR) is 115 cm³/mol. The second-order valence-electron chi connectivity index (χ2n) is 7.81. The molecule has 2 aromatic rings. The molecule has 2 N–H and O–H groups in total. The highest BCUT2D eigenvalue weighted by Gasteiger charge is 2.21. The first kappa shape index (κ1) is 21.4. The number of primary amides is 1. The number of aryl methyl sites for hydroxylation is 1. The summed E-state index contributed by atoms with van der Waals surface area (Å²) in [6.45, 7) is 5.51. The van der Waals surface area contributed by atoms with Crippen molar-refractivity contribution >= 4 is 17.0 Å². The molecule has 1 amide bonds. The van der Waals surface area contributed by atoms with Gasteiger partial charge in [-0.25, -0.2) is 4.79 Å². The number of pyridine rings is 1. The lowest BCUT2D eigenvalue weighted by Gasteiger charge is -2.32. The number of fused-ring (bicyclic) bond motifs is 1. The summed E-state index contributed by atoms with van der Waals surface area (Å²) >= 11 is 0. The van der Waals surface area contributed by atoms with Gasteiger partial charge in [0, 0.05) is 31.2 Å². The van der Waals surface area contributed by atoms with Gasteiger partial charge in [-0.1, -0.05) is 25.8 Å². The fourth-order valence-electron chi connectivity index (χ4n) is 3.92. The topological polar surface area (TPSA) is 77.7 Å². The molecule has 1 saturated heterocycles. The molecule has 0 bridgehead atoms. The van der Waals surface area contributed by atoms with Gasteiger partial charge in [-0.15, -0.1) is 0 Å². The summed E-state index contributed by atoms with van der Waals surface area (Å²) in [7, 11) is 0. The summed E-state index contributed by atoms with van der Waals surface area (Å²) in [5.74, 6) is 0.919. The third kappa shape index (κ3) is 6.60. The molecule has 1 fully saturated rings. The van der Waals surface area contributed by atoms with Crippen LogP contribution in [0, 0.1) is 0 Å². The van der Waals surface area contributed by atoms with Gasteiger partial charge in [0.15, 0.2) is 0 Å². The number of carbonyl (C=O) groups excluding carboxylic acids is 1. The van der Waals surface area contributed by atoms with Crippen molar-refractivity contribution in [3.63, 3.8) is 0 Å². The number of carbonyl (C=O) groups is 1. The van der Waals surface area contributed by atoms with Gasteiger partial charge in [0.2, 0.25) is 0 Å². The van der Waals surface area contributed by atoms with E-state index in [1.54, 1.807) is 0 Å². The highest BCUT2D eigenvalue weighted by Crippen LogP contribution is 2.29. The van der Waals surface area contributed by atoms with Crippen LogP contribution in [0.5, 0.6) is 5.75 Å². The van der Waals surface area contributed by atoms with E-state index in [1.807, 2.05) is 12.3 Å². The zero-order chi connectivity index (χ0) is 20.5. The third-order valence-corrected chi connectivity index (χ3v) is 5.49. The molecule has 0 atom stereocenters. The van der Waals surface area contributed by atoms with Crippen molar-refractivity contribution in [2.45, 2.75) is 58.0 Å². The van der Waals surface area contributed by atoms with Crippen LogP contribution in [-0.4, -0.2) is 48.3 Å². The Balaban J connectivity index is 1.56. The number of amides is 1. The third-order valence-electron chi connectivity index (χ3n) is 5.49. The Morgan fingerprint density at radius 1 is 1.24 bits per heavy atom. The van der Waals surface area contributed by atoms with E-state index in [1.165, 1.54) is 24.8 Å². The molecule has 0 radical (unpaired) electrons. The predicted octanol–water partition coefficient (Wildman–Crippen LogP) is 4.30. The van der Waals surface area contributed by atoms with E-state index in [0.717, 1.165) is 62.0 Å². The fraction of sp³-hybridized carbons (Fsp3) is 0.565. The van der Waals surface area contributed by atoms with Crippen molar-refractivity contribution in [2.75, 3.05) is 26.2 Å². The van der Waals surface area contributed by atoms with Crippen molar-refractivity contribution in [2.24, 2.45) is 5.73 Å². The molecule has 0 aliphatic carbocycles. The van der Waals surface area contributed by atoms with Crippen LogP contribution in [0.2, 0.25) is 0 Å². The highest BCUT2D eigenvalue weighted by molar-refractivity contribution is 5.85. The van der Waals surface area contributed by atoms with Crippen LogP contribution >= 0.6 is 0 Å². The van der Waals surface area contributed by atoms with Crippen LogP contribution in [0.15, 0.2) is 30.5 Å². The average Bonchev–Trinajstić information content (AvgIpc) is 2.72. The number of nitrogens with zero attached hydrogens (tertiary/aromatic N) is 2. The van der Waals surface area contributed by atoms with E-state index in [4.69, 9.17) is 15.2 Å². The number of nitrogens with two attached hydrogens (primary N) is 1. The molecule has 0 saturated carbocycles. The Hall–Kier alpha value is -2.34. The minimum atomic E-state index is -0.699. The number of likely N-dealkylation sites (tertiary alicyclic amines) is 1. The molecule has 158 valence electrons. The molecule has 2 heterocycles. The molecule has 0 unspecified atom stereocenters. The van der Waals surface area contributed by atoms with Crippen LogP contribution in [0.3, 0.4) is 0 Å². The van der Waals surface area contributed by atoms with Gasteiger partial charge in [-0.05, 0) is 55.9 Å². The number of aromatic nitrogens is 1. The number of ether oxygens (including phenoxy) is 2. The first-order chi connectivity index (χ1) is 14.2. The second-order valence-corrected chi connectivity index (χ2v) is 7.81. The van der Waals surface area contributed by atoms with E-state index in [2.05, 4.69) is 35.0 Å². The first-order valence-electron chi connectivity index (χ1n) is 10.8. The summed E-state index contributed by atoms with van der Waals surface area (Å²) in [6.07, 6.45) is 8.91. The lowest BCUT2D eigenvalue weighted by Crippen LogP contribution is -2.39. The Bertz CT molecular complexity index is 788. The molecule has 1 aliphatic rings. The Kier molecular flexibility index (Phi) is 8.11. The van der Waals surface area contributed by atoms with E-state index < -0.39 is 6.09 Å². The molecule has 1 aromatic carbocycles. The first-order valence-corrected chi connectivity index (χ1v) is 10.8. The second kappa shape index (κ2) is 11.0. The molecule has 3 rings (SSSR count). The number of hydrogen-bond acceptors (Lipinski definition) is 5. The van der Waals surface area contributed by atoms with Crippen LogP contribution < -0.4 is 10.5 Å². The maximum Gasteiger partial charge on any atom is 0.404 e. The zero-order valence-corrected chi connectivity index (χ0v) is 17.4. The normalized spacial score (nSPS) is 15.5. The Morgan fingerprint density at radius 3 is 2.83 bits per heavy atom. The molecule has 6 nitrogen and oxygen atoms in total. The van der Waals surface area contributed by atoms with E-state index >= 15 is 0 Å². The van der Waals surface area contributed by atoms with Gasteiger partial charge in [0.05, 0.1) is 6.61 Å². The van der Waals surface area contributed by atoms with Crippen LogP contribution in [-0.2, 0) is 11.2 Å². The van der Waals surface area contributed by atoms with Gasteiger partial charge < -0.3 is 20.1 Å². The summed E-state index contributed by atoms with van der Waals surface area (Å²) in [5.41, 5.74) is 7.28. The molecule has 1 aromatic heterocycles. The van der Waals surface area contributed by atoms with Gasteiger partial charge in [-0.2, -0.15) is 0 Å². The Labute approximate surface area is 173 Å². The monoisotopic (exact) mass is 399 g/mol. The van der Waals surface area contributed by atoms with Crippen molar-refractivity contribution in [1.82, 2.24) is 9.88 Å². The SMILES string of the molecule is CCCCCc1cc(OC2CCN(CCCOC(N)=O)CC2)c2ncccc2c1. The zero-order valence-electron chi connectivity index (χ0n) is 17.4. The molecule has 1 aliphatic heterocycles. The summed E-state index contributed by atoms with van der Waals surface area (Å²) < 4.78 is 11.2. The van der Waals surface area contributed by atoms with E-state index in [-0.39, 0.29) is 6.10 Å². The number of unbranched alkanes of at least 4 members (excludes halogenated alkanes) is 2. The molecule has 6 heteroatoms. The lowest BCUT2D eigenvalue weighted by atomic mass is 10.0. The standard InChI is InChI=1S/C23H33N3O3/c1-2-3-4-7-18-16-19-8-5-11-25-22(19)21(17-18)29-20-9-13-26(14-10-20)12-6-15-28-23(24)27/h5,8,11,16-17,20H,2-4,6-7,9-10,12-15H2,1H3,(H2,24,27). The van der Waals surface area contributed by atoms with Crippen molar-refractivity contribution < 1.29 is 14.3 Å². The maximum atomic E-state index is 10.6. The smallest absolute Gasteiger partial charge is 0.404 e.